The van der Waals surface area contributed by atoms with Crippen molar-refractivity contribution in [3.63, 3.8) is 0 Å². The predicted molar refractivity (Wildman–Crippen MR) is 92.6 cm³/mol. The van der Waals surface area contributed by atoms with Crippen LogP contribution in [0.15, 0.2) is 60.9 Å². The van der Waals surface area contributed by atoms with Crippen LogP contribution in [-0.4, -0.2) is 18.2 Å². The molecule has 2 rings (SSSR count). The van der Waals surface area contributed by atoms with E-state index in [1.165, 1.54) is 6.42 Å². The molecule has 1 N–H and O–H groups in total. The average molecular weight is 312 g/mol. The molecule has 1 saturated carbocycles. The number of carboxylic acid groups (broad SMARTS) is 1. The first-order valence-corrected chi connectivity index (χ1v) is 7.95. The Morgan fingerprint density at radius 1 is 1.30 bits per heavy atom. The molecule has 1 aromatic rings. The summed E-state index contributed by atoms with van der Waals surface area (Å²) in [6, 6.07) is 7.24. The second kappa shape index (κ2) is 7.32. The van der Waals surface area contributed by atoms with E-state index in [1.807, 2.05) is 18.2 Å². The maximum absolute atomic E-state index is 11.3. The molecule has 0 unspecified atom stereocenters. The number of hydrogen-bond donors (Lipinski definition) is 1. The summed E-state index contributed by atoms with van der Waals surface area (Å²) in [6.45, 7) is 8.04. The number of benzene rings is 1. The van der Waals surface area contributed by atoms with Gasteiger partial charge in [-0.25, -0.2) is 4.79 Å². The highest BCUT2D eigenvalue weighted by Gasteiger charge is 2.36. The van der Waals surface area contributed by atoms with E-state index in [0.717, 1.165) is 36.8 Å². The standard InChI is InChI=1S/C20H24O3/c1-4-18(23-3)13-15(2)20(11-6-5-7-12-20)17-10-8-9-16(14-17)19(21)22/h4,8-10,13-14H,1-2,5-7,11-12H2,3H3,(H,21,22)/b18-13-. The minimum absolute atomic E-state index is 0.226. The Kier molecular flexibility index (Phi) is 5.43. The third-order valence-corrected chi connectivity index (χ3v) is 4.74. The first kappa shape index (κ1) is 17.1. The molecule has 3 nitrogen and oxygen atoms in total. The van der Waals surface area contributed by atoms with Crippen LogP contribution < -0.4 is 0 Å². The maximum Gasteiger partial charge on any atom is 0.335 e. The van der Waals surface area contributed by atoms with Gasteiger partial charge in [0.1, 0.15) is 5.76 Å². The highest BCUT2D eigenvalue weighted by atomic mass is 16.5. The summed E-state index contributed by atoms with van der Waals surface area (Å²) < 4.78 is 5.29. The molecule has 0 saturated heterocycles. The van der Waals surface area contributed by atoms with Crippen molar-refractivity contribution < 1.29 is 14.6 Å². The fourth-order valence-corrected chi connectivity index (χ4v) is 3.41. The molecule has 23 heavy (non-hydrogen) atoms. The summed E-state index contributed by atoms with van der Waals surface area (Å²) in [4.78, 5) is 11.3. The largest absolute Gasteiger partial charge is 0.497 e. The molecule has 122 valence electrons. The zero-order valence-electron chi connectivity index (χ0n) is 13.7. The van der Waals surface area contributed by atoms with Crippen LogP contribution in [0, 0.1) is 0 Å². The van der Waals surface area contributed by atoms with E-state index in [4.69, 9.17) is 4.74 Å². The van der Waals surface area contributed by atoms with Crippen LogP contribution >= 0.6 is 0 Å². The summed E-state index contributed by atoms with van der Waals surface area (Å²) in [5.41, 5.74) is 2.07. The molecular formula is C20H24O3. The molecule has 0 heterocycles. The van der Waals surface area contributed by atoms with Crippen LogP contribution in [0.2, 0.25) is 0 Å². The topological polar surface area (TPSA) is 46.5 Å². The fourth-order valence-electron chi connectivity index (χ4n) is 3.41. The number of aromatic carboxylic acids is 1. The Morgan fingerprint density at radius 3 is 2.57 bits per heavy atom. The Bertz CT molecular complexity index is 634. The number of carboxylic acids is 1. The predicted octanol–water partition coefficient (Wildman–Crippen LogP) is 4.86. The quantitative estimate of drug-likeness (QED) is 0.603. The van der Waals surface area contributed by atoms with Crippen LogP contribution in [0.4, 0.5) is 0 Å². The molecular weight excluding hydrogens is 288 g/mol. The van der Waals surface area contributed by atoms with E-state index in [1.54, 1.807) is 25.3 Å². The lowest BCUT2D eigenvalue weighted by molar-refractivity contribution is 0.0696. The second-order valence-corrected chi connectivity index (χ2v) is 6.01. The van der Waals surface area contributed by atoms with E-state index in [0.29, 0.717) is 11.3 Å². The Balaban J connectivity index is 2.49. The molecule has 0 amide bonds. The summed E-state index contributed by atoms with van der Waals surface area (Å²) in [7, 11) is 1.61. The van der Waals surface area contributed by atoms with Gasteiger partial charge < -0.3 is 9.84 Å². The molecule has 1 aliphatic rings. The van der Waals surface area contributed by atoms with Crippen molar-refractivity contribution in [3.8, 4) is 0 Å². The molecule has 0 spiro atoms. The number of rotatable bonds is 6. The van der Waals surface area contributed by atoms with Gasteiger partial charge in [-0.05, 0) is 48.3 Å². The van der Waals surface area contributed by atoms with Crippen molar-refractivity contribution in [1.82, 2.24) is 0 Å². The molecule has 3 heteroatoms. The summed E-state index contributed by atoms with van der Waals surface area (Å²) in [6.07, 6.45) is 8.96. The van der Waals surface area contributed by atoms with Gasteiger partial charge in [0.2, 0.25) is 0 Å². The average Bonchev–Trinajstić information content (AvgIpc) is 2.60. The van der Waals surface area contributed by atoms with Crippen molar-refractivity contribution in [2.45, 2.75) is 37.5 Å². The van der Waals surface area contributed by atoms with E-state index >= 15 is 0 Å². The molecule has 0 aliphatic heterocycles. The highest BCUT2D eigenvalue weighted by molar-refractivity contribution is 5.87. The number of hydrogen-bond acceptors (Lipinski definition) is 2. The van der Waals surface area contributed by atoms with Crippen LogP contribution in [0.25, 0.3) is 0 Å². The Hall–Kier alpha value is -2.29. The molecule has 1 aliphatic carbocycles. The maximum atomic E-state index is 11.3. The lowest BCUT2D eigenvalue weighted by Gasteiger charge is -2.39. The summed E-state index contributed by atoms with van der Waals surface area (Å²) in [5.74, 6) is -0.225. The number of carbonyl (C=O) groups is 1. The number of allylic oxidation sites excluding steroid dienone is 3. The second-order valence-electron chi connectivity index (χ2n) is 6.01. The smallest absolute Gasteiger partial charge is 0.335 e. The Labute approximate surface area is 138 Å². The normalized spacial score (nSPS) is 17.3. The Morgan fingerprint density at radius 2 is 2.00 bits per heavy atom. The molecule has 1 aromatic carbocycles. The monoisotopic (exact) mass is 312 g/mol. The van der Waals surface area contributed by atoms with Gasteiger partial charge in [0.05, 0.1) is 12.7 Å². The lowest BCUT2D eigenvalue weighted by atomic mass is 9.65. The highest BCUT2D eigenvalue weighted by Crippen LogP contribution is 2.45. The van der Waals surface area contributed by atoms with Crippen molar-refractivity contribution in [2.24, 2.45) is 0 Å². The summed E-state index contributed by atoms with van der Waals surface area (Å²) in [5, 5.41) is 9.28. The van der Waals surface area contributed by atoms with Crippen molar-refractivity contribution >= 4 is 5.97 Å². The minimum Gasteiger partial charge on any atom is -0.497 e. The molecule has 1 fully saturated rings. The molecule has 0 bridgehead atoms. The lowest BCUT2D eigenvalue weighted by Crippen LogP contribution is -2.31. The number of ether oxygens (including phenoxy) is 1. The van der Waals surface area contributed by atoms with E-state index < -0.39 is 5.97 Å². The minimum atomic E-state index is -0.900. The van der Waals surface area contributed by atoms with Crippen molar-refractivity contribution in [2.75, 3.05) is 7.11 Å². The SMILES string of the molecule is C=C/C(=C/C(=C)C1(c2cccc(C(=O)O)c2)CCCCC1)OC. The first-order valence-electron chi connectivity index (χ1n) is 7.95. The molecule has 0 radical (unpaired) electrons. The van der Waals surface area contributed by atoms with Gasteiger partial charge in [0.25, 0.3) is 0 Å². The van der Waals surface area contributed by atoms with Gasteiger partial charge in [-0.2, -0.15) is 0 Å². The van der Waals surface area contributed by atoms with Gasteiger partial charge in [0.15, 0.2) is 0 Å². The first-order chi connectivity index (χ1) is 11.0. The molecule has 0 atom stereocenters. The summed E-state index contributed by atoms with van der Waals surface area (Å²) >= 11 is 0. The van der Waals surface area contributed by atoms with Gasteiger partial charge in [-0.15, -0.1) is 0 Å². The van der Waals surface area contributed by atoms with E-state index in [9.17, 15) is 9.90 Å². The van der Waals surface area contributed by atoms with Crippen molar-refractivity contribution in [1.29, 1.82) is 0 Å². The van der Waals surface area contributed by atoms with Gasteiger partial charge in [-0.3, -0.25) is 0 Å². The van der Waals surface area contributed by atoms with E-state index in [-0.39, 0.29) is 5.41 Å². The van der Waals surface area contributed by atoms with Crippen LogP contribution in [0.1, 0.15) is 48.0 Å². The number of methoxy groups -OCH3 is 1. The molecule has 0 aromatic heterocycles. The van der Waals surface area contributed by atoms with Crippen LogP contribution in [0.5, 0.6) is 0 Å². The van der Waals surface area contributed by atoms with Gasteiger partial charge in [-0.1, -0.05) is 44.6 Å². The van der Waals surface area contributed by atoms with Gasteiger partial charge in [0, 0.05) is 5.41 Å². The van der Waals surface area contributed by atoms with Crippen molar-refractivity contribution in [3.05, 3.63) is 72.0 Å². The van der Waals surface area contributed by atoms with Crippen LogP contribution in [0.3, 0.4) is 0 Å². The fraction of sp³-hybridized carbons (Fsp3) is 0.350. The zero-order chi connectivity index (χ0) is 16.9. The third-order valence-electron chi connectivity index (χ3n) is 4.74. The van der Waals surface area contributed by atoms with Crippen LogP contribution in [-0.2, 0) is 10.2 Å². The van der Waals surface area contributed by atoms with Gasteiger partial charge >= 0.3 is 5.97 Å². The third kappa shape index (κ3) is 3.55. The zero-order valence-corrected chi connectivity index (χ0v) is 13.7. The van der Waals surface area contributed by atoms with E-state index in [2.05, 4.69) is 13.2 Å².